The molecule has 6 nitrogen and oxygen atoms in total. The zero-order valence-corrected chi connectivity index (χ0v) is 19.5. The molecule has 2 aliphatic heterocycles. The Bertz CT molecular complexity index is 1190. The summed E-state index contributed by atoms with van der Waals surface area (Å²) in [7, 11) is 1.42. The van der Waals surface area contributed by atoms with Gasteiger partial charge in [-0.2, -0.15) is 0 Å². The lowest BCUT2D eigenvalue weighted by atomic mass is 9.76. The maximum atomic E-state index is 13.2. The van der Waals surface area contributed by atoms with Gasteiger partial charge in [0.15, 0.2) is 0 Å². The van der Waals surface area contributed by atoms with Crippen LogP contribution in [0.15, 0.2) is 71.4 Å². The zero-order valence-electron chi connectivity index (χ0n) is 19.5. The minimum atomic E-state index is -0.503. The summed E-state index contributed by atoms with van der Waals surface area (Å²) in [6, 6.07) is 18.4. The number of rotatable bonds is 6. The fourth-order valence-electron chi connectivity index (χ4n) is 5.57. The van der Waals surface area contributed by atoms with E-state index in [1.807, 2.05) is 35.2 Å². The molecule has 2 aliphatic rings. The molecule has 3 heterocycles. The van der Waals surface area contributed by atoms with Gasteiger partial charge in [0.2, 0.25) is 5.91 Å². The van der Waals surface area contributed by atoms with Crippen LogP contribution in [-0.2, 0) is 20.9 Å². The number of ether oxygens (including phenoxy) is 1. The number of amides is 1. The van der Waals surface area contributed by atoms with Gasteiger partial charge in [-0.3, -0.25) is 14.5 Å². The third-order valence-corrected chi connectivity index (χ3v) is 7.42. The van der Waals surface area contributed by atoms with E-state index in [1.54, 1.807) is 6.26 Å². The molecule has 5 rings (SSSR count). The van der Waals surface area contributed by atoms with Crippen molar-refractivity contribution in [3.05, 3.63) is 78.3 Å². The van der Waals surface area contributed by atoms with Crippen LogP contribution in [0.5, 0.6) is 0 Å². The standard InChI is InChI=1S/C28H30N2O4/c1-33-27(32)25-19-26(31)30(20-21-10-11-22-6-2-3-7-23(22)18-21)28(25)12-15-29(16-13-28)14-4-8-24-9-5-17-34-24/h2-11,17-18,25H,12-16,19-20H2,1H3/b8-4+. The van der Waals surface area contributed by atoms with Crippen LogP contribution in [0.2, 0.25) is 0 Å². The van der Waals surface area contributed by atoms with Crippen LogP contribution in [-0.4, -0.2) is 54.0 Å². The summed E-state index contributed by atoms with van der Waals surface area (Å²) in [5.41, 5.74) is 0.581. The van der Waals surface area contributed by atoms with Gasteiger partial charge in [0, 0.05) is 32.6 Å². The minimum absolute atomic E-state index is 0.0368. The van der Waals surface area contributed by atoms with Gasteiger partial charge in [-0.1, -0.05) is 42.5 Å². The van der Waals surface area contributed by atoms with Crippen molar-refractivity contribution in [3.8, 4) is 0 Å². The molecule has 0 radical (unpaired) electrons. The molecule has 6 heteroatoms. The summed E-state index contributed by atoms with van der Waals surface area (Å²) in [4.78, 5) is 30.3. The Hall–Kier alpha value is -3.38. The SMILES string of the molecule is COC(=O)C1CC(=O)N(Cc2ccc3ccccc3c2)C12CCN(C/C=C/c1ccco1)CC2. The molecule has 2 aromatic carbocycles. The molecule has 1 amide bonds. The summed E-state index contributed by atoms with van der Waals surface area (Å²) in [5.74, 6) is 0.170. The lowest BCUT2D eigenvalue weighted by Gasteiger charge is -2.47. The summed E-state index contributed by atoms with van der Waals surface area (Å²) >= 11 is 0. The lowest BCUT2D eigenvalue weighted by molar-refractivity contribution is -0.150. The highest BCUT2D eigenvalue weighted by Crippen LogP contribution is 2.45. The molecule has 2 fully saturated rings. The van der Waals surface area contributed by atoms with E-state index in [-0.39, 0.29) is 18.3 Å². The first-order valence-electron chi connectivity index (χ1n) is 11.9. The van der Waals surface area contributed by atoms with Crippen LogP contribution < -0.4 is 0 Å². The Morgan fingerprint density at radius 3 is 2.65 bits per heavy atom. The smallest absolute Gasteiger partial charge is 0.311 e. The molecule has 1 unspecified atom stereocenters. The fourth-order valence-corrected chi connectivity index (χ4v) is 5.57. The van der Waals surface area contributed by atoms with E-state index < -0.39 is 11.5 Å². The minimum Gasteiger partial charge on any atom is -0.469 e. The van der Waals surface area contributed by atoms with E-state index in [0.29, 0.717) is 6.54 Å². The Morgan fingerprint density at radius 2 is 1.91 bits per heavy atom. The predicted octanol–water partition coefficient (Wildman–Crippen LogP) is 4.50. The lowest BCUT2D eigenvalue weighted by Crippen LogP contribution is -2.57. The molecule has 1 spiro atoms. The highest BCUT2D eigenvalue weighted by molar-refractivity contribution is 5.89. The van der Waals surface area contributed by atoms with Crippen molar-refractivity contribution >= 4 is 28.7 Å². The summed E-state index contributed by atoms with van der Waals surface area (Å²) in [5, 5.41) is 2.33. The first-order chi connectivity index (χ1) is 16.6. The largest absolute Gasteiger partial charge is 0.469 e. The van der Waals surface area contributed by atoms with Gasteiger partial charge in [-0.25, -0.2) is 0 Å². The summed E-state index contributed by atoms with van der Waals surface area (Å²) < 4.78 is 10.5. The third-order valence-electron chi connectivity index (χ3n) is 7.42. The first-order valence-corrected chi connectivity index (χ1v) is 11.9. The van der Waals surface area contributed by atoms with Crippen molar-refractivity contribution in [1.29, 1.82) is 0 Å². The third kappa shape index (κ3) is 4.26. The number of methoxy groups -OCH3 is 1. The quantitative estimate of drug-likeness (QED) is 0.509. The Balaban J connectivity index is 1.35. The maximum Gasteiger partial charge on any atom is 0.311 e. The van der Waals surface area contributed by atoms with Gasteiger partial charge < -0.3 is 14.1 Å². The van der Waals surface area contributed by atoms with Crippen LogP contribution in [0.25, 0.3) is 16.8 Å². The van der Waals surface area contributed by atoms with Gasteiger partial charge >= 0.3 is 5.97 Å². The molecule has 0 bridgehead atoms. The van der Waals surface area contributed by atoms with E-state index in [9.17, 15) is 9.59 Å². The van der Waals surface area contributed by atoms with Crippen molar-refractivity contribution in [2.45, 2.75) is 31.3 Å². The van der Waals surface area contributed by atoms with Gasteiger partial charge in [-0.15, -0.1) is 0 Å². The van der Waals surface area contributed by atoms with Crippen LogP contribution >= 0.6 is 0 Å². The number of hydrogen-bond acceptors (Lipinski definition) is 5. The van der Waals surface area contributed by atoms with E-state index >= 15 is 0 Å². The molecular formula is C28H30N2O4. The average molecular weight is 459 g/mol. The Labute approximate surface area is 199 Å². The molecule has 0 N–H and O–H groups in total. The normalized spacial score (nSPS) is 20.6. The number of furan rings is 1. The zero-order chi connectivity index (χ0) is 23.5. The molecule has 34 heavy (non-hydrogen) atoms. The molecule has 176 valence electrons. The summed E-state index contributed by atoms with van der Waals surface area (Å²) in [6.45, 7) is 2.95. The van der Waals surface area contributed by atoms with Crippen LogP contribution in [0.1, 0.15) is 30.6 Å². The van der Waals surface area contributed by atoms with Crippen LogP contribution in [0.3, 0.4) is 0 Å². The van der Waals surface area contributed by atoms with Gasteiger partial charge in [0.1, 0.15) is 5.76 Å². The number of nitrogens with zero attached hydrogens (tertiary/aromatic N) is 2. The average Bonchev–Trinajstić information content (AvgIpc) is 3.47. The van der Waals surface area contributed by atoms with Gasteiger partial charge in [-0.05, 0) is 53.5 Å². The number of likely N-dealkylation sites (tertiary alicyclic amines) is 2. The Kier molecular flexibility index (Phi) is 6.24. The van der Waals surface area contributed by atoms with Crippen LogP contribution in [0, 0.1) is 5.92 Å². The van der Waals surface area contributed by atoms with Gasteiger partial charge in [0.25, 0.3) is 0 Å². The second-order valence-electron chi connectivity index (χ2n) is 9.26. The van der Waals surface area contributed by atoms with Gasteiger partial charge in [0.05, 0.1) is 24.8 Å². The number of esters is 1. The first kappa shape index (κ1) is 22.4. The van der Waals surface area contributed by atoms with Crippen molar-refractivity contribution in [3.63, 3.8) is 0 Å². The van der Waals surface area contributed by atoms with Crippen molar-refractivity contribution in [2.24, 2.45) is 5.92 Å². The number of benzene rings is 2. The monoisotopic (exact) mass is 458 g/mol. The predicted molar refractivity (Wildman–Crippen MR) is 131 cm³/mol. The second-order valence-corrected chi connectivity index (χ2v) is 9.26. The second kappa shape index (κ2) is 9.47. The fraction of sp³-hybridized carbons (Fsp3) is 0.357. The molecule has 1 aromatic heterocycles. The molecule has 0 aliphatic carbocycles. The molecule has 0 saturated carbocycles. The topological polar surface area (TPSA) is 63.0 Å². The maximum absolute atomic E-state index is 13.2. The van der Waals surface area contributed by atoms with Crippen molar-refractivity contribution in [2.75, 3.05) is 26.7 Å². The van der Waals surface area contributed by atoms with E-state index in [4.69, 9.17) is 9.15 Å². The molecule has 3 aromatic rings. The highest BCUT2D eigenvalue weighted by atomic mass is 16.5. The van der Waals surface area contributed by atoms with Crippen molar-refractivity contribution in [1.82, 2.24) is 9.80 Å². The number of carbonyl (C=O) groups is 2. The highest BCUT2D eigenvalue weighted by Gasteiger charge is 2.56. The Morgan fingerprint density at radius 1 is 1.12 bits per heavy atom. The number of fused-ring (bicyclic) bond motifs is 1. The number of carbonyl (C=O) groups excluding carboxylic acids is 2. The molecule has 2 saturated heterocycles. The molecular weight excluding hydrogens is 428 g/mol. The molecule has 1 atom stereocenters. The van der Waals surface area contributed by atoms with Crippen LogP contribution in [0.4, 0.5) is 0 Å². The summed E-state index contributed by atoms with van der Waals surface area (Å²) in [6.07, 6.45) is 7.46. The van der Waals surface area contributed by atoms with E-state index in [0.717, 1.165) is 49.2 Å². The van der Waals surface area contributed by atoms with E-state index in [1.165, 1.54) is 12.5 Å². The van der Waals surface area contributed by atoms with Crippen molar-refractivity contribution < 1.29 is 18.7 Å². The number of piperidine rings is 1. The van der Waals surface area contributed by atoms with E-state index in [2.05, 4.69) is 41.3 Å². The number of hydrogen-bond donors (Lipinski definition) is 0.